The number of carbonyl (C=O) groups excluding carboxylic acids is 1. The molecule has 3 nitrogen and oxygen atoms in total. The molecule has 2 aromatic rings. The van der Waals surface area contributed by atoms with Crippen LogP contribution in [-0.2, 0) is 6.42 Å². The number of rotatable bonds is 3. The minimum absolute atomic E-state index is 0.140. The molecule has 21 heavy (non-hydrogen) atoms. The first-order chi connectivity index (χ1) is 10.1. The molecule has 0 unspecified atom stereocenters. The van der Waals surface area contributed by atoms with Gasteiger partial charge in [-0.25, -0.2) is 4.98 Å². The van der Waals surface area contributed by atoms with E-state index >= 15 is 0 Å². The summed E-state index contributed by atoms with van der Waals surface area (Å²) in [6, 6.07) is 2.01. The number of aryl methyl sites for hydroxylation is 3. The van der Waals surface area contributed by atoms with Crippen molar-refractivity contribution in [1.82, 2.24) is 9.88 Å². The van der Waals surface area contributed by atoms with Crippen LogP contribution >= 0.6 is 22.7 Å². The van der Waals surface area contributed by atoms with Crippen molar-refractivity contribution in [2.24, 2.45) is 0 Å². The Morgan fingerprint density at radius 3 is 3.00 bits per heavy atom. The van der Waals surface area contributed by atoms with Gasteiger partial charge in [0.05, 0.1) is 15.6 Å². The van der Waals surface area contributed by atoms with Gasteiger partial charge in [-0.05, 0) is 50.1 Å². The van der Waals surface area contributed by atoms with Gasteiger partial charge in [0.2, 0.25) is 0 Å². The van der Waals surface area contributed by atoms with E-state index in [2.05, 4.69) is 6.92 Å². The third-order valence-electron chi connectivity index (χ3n) is 4.07. The number of nitrogens with zero attached hydrogens (tertiary/aromatic N) is 2. The normalized spacial score (nSPS) is 17.6. The van der Waals surface area contributed by atoms with Gasteiger partial charge in [-0.1, -0.05) is 0 Å². The maximum atomic E-state index is 12.5. The summed E-state index contributed by atoms with van der Waals surface area (Å²) >= 11 is 3.35. The summed E-state index contributed by atoms with van der Waals surface area (Å²) < 4.78 is 0. The van der Waals surface area contributed by atoms with E-state index in [1.165, 1.54) is 28.3 Å². The predicted octanol–water partition coefficient (Wildman–Crippen LogP) is 4.01. The van der Waals surface area contributed by atoms with Gasteiger partial charge in [0, 0.05) is 24.4 Å². The molecule has 3 rings (SSSR count). The first kappa shape index (κ1) is 14.7. The largest absolute Gasteiger partial charge is 0.340 e. The number of carbonyl (C=O) groups is 1. The van der Waals surface area contributed by atoms with Gasteiger partial charge in [0.15, 0.2) is 0 Å². The molecule has 0 fully saturated rings. The zero-order valence-electron chi connectivity index (χ0n) is 12.7. The Morgan fingerprint density at radius 2 is 2.29 bits per heavy atom. The molecule has 5 heteroatoms. The minimum Gasteiger partial charge on any atom is -0.340 e. The Bertz CT molecular complexity index is 659. The van der Waals surface area contributed by atoms with Crippen molar-refractivity contribution in [3.63, 3.8) is 0 Å². The molecule has 1 aliphatic rings. The van der Waals surface area contributed by atoms with Gasteiger partial charge >= 0.3 is 0 Å². The fraction of sp³-hybridized carbons (Fsp3) is 0.500. The number of amides is 1. The number of hydrogen-bond acceptors (Lipinski definition) is 4. The maximum Gasteiger partial charge on any atom is 0.263 e. The zero-order chi connectivity index (χ0) is 15.0. The van der Waals surface area contributed by atoms with Crippen molar-refractivity contribution in [2.75, 3.05) is 13.6 Å². The molecule has 0 radical (unpaired) electrons. The van der Waals surface area contributed by atoms with Gasteiger partial charge in [-0.2, -0.15) is 0 Å². The van der Waals surface area contributed by atoms with Crippen molar-refractivity contribution in [1.29, 1.82) is 0 Å². The Hall–Kier alpha value is -1.20. The maximum absolute atomic E-state index is 12.5. The number of thiophene rings is 1. The molecule has 0 N–H and O–H groups in total. The van der Waals surface area contributed by atoms with Gasteiger partial charge in [0.25, 0.3) is 5.91 Å². The van der Waals surface area contributed by atoms with Crippen LogP contribution in [0.1, 0.15) is 49.6 Å². The predicted molar refractivity (Wildman–Crippen MR) is 88.5 cm³/mol. The summed E-state index contributed by atoms with van der Waals surface area (Å²) in [5.74, 6) is 0.537. The third kappa shape index (κ3) is 2.90. The lowest BCUT2D eigenvalue weighted by Crippen LogP contribution is -2.32. The first-order valence-electron chi connectivity index (χ1n) is 7.32. The van der Waals surface area contributed by atoms with E-state index in [0.717, 1.165) is 34.8 Å². The van der Waals surface area contributed by atoms with Gasteiger partial charge in [0.1, 0.15) is 0 Å². The topological polar surface area (TPSA) is 33.2 Å². The summed E-state index contributed by atoms with van der Waals surface area (Å²) in [5.41, 5.74) is 2.32. The van der Waals surface area contributed by atoms with Crippen LogP contribution < -0.4 is 0 Å². The molecule has 1 amide bonds. The van der Waals surface area contributed by atoms with Gasteiger partial charge < -0.3 is 4.90 Å². The van der Waals surface area contributed by atoms with E-state index in [1.54, 1.807) is 0 Å². The van der Waals surface area contributed by atoms with E-state index in [0.29, 0.717) is 5.92 Å². The number of fused-ring (bicyclic) bond motifs is 1. The van der Waals surface area contributed by atoms with Crippen LogP contribution in [0.4, 0.5) is 0 Å². The summed E-state index contributed by atoms with van der Waals surface area (Å²) in [4.78, 5) is 21.4. The molecule has 0 saturated carbocycles. The second-order valence-electron chi connectivity index (χ2n) is 5.75. The van der Waals surface area contributed by atoms with Gasteiger partial charge in [-0.15, -0.1) is 22.7 Å². The average molecular weight is 320 g/mol. The zero-order valence-corrected chi connectivity index (χ0v) is 14.3. The van der Waals surface area contributed by atoms with E-state index in [9.17, 15) is 4.79 Å². The number of hydrogen-bond donors (Lipinski definition) is 0. The van der Waals surface area contributed by atoms with Crippen LogP contribution in [0.3, 0.4) is 0 Å². The molecule has 112 valence electrons. The van der Waals surface area contributed by atoms with Gasteiger partial charge in [-0.3, -0.25) is 4.79 Å². The van der Waals surface area contributed by atoms with Crippen LogP contribution in [0.25, 0.3) is 0 Å². The van der Waals surface area contributed by atoms with E-state index in [-0.39, 0.29) is 5.91 Å². The average Bonchev–Trinajstić information content (AvgIpc) is 3.03. The third-order valence-corrected chi connectivity index (χ3v) is 6.13. The highest BCUT2D eigenvalue weighted by Crippen LogP contribution is 2.35. The Kier molecular flexibility index (Phi) is 4.13. The fourth-order valence-corrected chi connectivity index (χ4v) is 4.97. The van der Waals surface area contributed by atoms with Crippen LogP contribution in [-0.4, -0.2) is 29.4 Å². The van der Waals surface area contributed by atoms with Crippen LogP contribution in [0.5, 0.6) is 0 Å². The lowest BCUT2D eigenvalue weighted by Gasteiger charge is -2.26. The van der Waals surface area contributed by atoms with Crippen LogP contribution in [0, 0.1) is 13.8 Å². The second kappa shape index (κ2) is 5.89. The molecule has 2 aromatic heterocycles. The number of likely N-dealkylation sites (N-methyl/N-ethyl adjacent to an activating group) is 1. The van der Waals surface area contributed by atoms with E-state index in [4.69, 9.17) is 4.98 Å². The molecule has 0 spiro atoms. The van der Waals surface area contributed by atoms with Crippen LogP contribution in [0.2, 0.25) is 0 Å². The fourth-order valence-electron chi connectivity index (χ4n) is 2.99. The van der Waals surface area contributed by atoms with Crippen molar-refractivity contribution in [3.05, 3.63) is 37.5 Å². The SMILES string of the molecule is Cc1nc2c(s1)CCC[C@H]2CN(C)C(=O)c1sccc1C. The monoisotopic (exact) mass is 320 g/mol. The van der Waals surface area contributed by atoms with E-state index < -0.39 is 0 Å². The Morgan fingerprint density at radius 1 is 1.48 bits per heavy atom. The quantitative estimate of drug-likeness (QED) is 0.856. The van der Waals surface area contributed by atoms with Crippen molar-refractivity contribution >= 4 is 28.6 Å². The summed E-state index contributed by atoms with van der Waals surface area (Å²) in [5, 5.41) is 3.13. The minimum atomic E-state index is 0.140. The molecule has 0 saturated heterocycles. The Balaban J connectivity index is 1.75. The van der Waals surface area contributed by atoms with Crippen LogP contribution in [0.15, 0.2) is 11.4 Å². The molecular weight excluding hydrogens is 300 g/mol. The standard InChI is InChI=1S/C16H20N2OS2/c1-10-7-8-20-15(10)16(19)18(3)9-12-5-4-6-13-14(12)17-11(2)21-13/h7-8,12H,4-6,9H2,1-3H3/t12-/m0/s1. The molecule has 2 heterocycles. The lowest BCUT2D eigenvalue weighted by molar-refractivity contribution is 0.0787. The van der Waals surface area contributed by atoms with Crippen molar-refractivity contribution < 1.29 is 4.79 Å². The van der Waals surface area contributed by atoms with Crippen molar-refractivity contribution in [2.45, 2.75) is 39.0 Å². The highest BCUT2D eigenvalue weighted by Gasteiger charge is 2.27. The molecule has 1 atom stereocenters. The van der Waals surface area contributed by atoms with Crippen molar-refractivity contribution in [3.8, 4) is 0 Å². The summed E-state index contributed by atoms with van der Waals surface area (Å²) in [6.07, 6.45) is 3.50. The molecule has 0 bridgehead atoms. The van der Waals surface area contributed by atoms with E-state index in [1.807, 2.05) is 41.7 Å². The first-order valence-corrected chi connectivity index (χ1v) is 9.01. The highest BCUT2D eigenvalue weighted by atomic mass is 32.1. The lowest BCUT2D eigenvalue weighted by atomic mass is 9.90. The molecule has 1 aliphatic carbocycles. The summed E-state index contributed by atoms with van der Waals surface area (Å²) in [7, 11) is 1.91. The molecular formula is C16H20N2OS2. The smallest absolute Gasteiger partial charge is 0.263 e. The molecule has 0 aliphatic heterocycles. The number of thiazole rings is 1. The highest BCUT2D eigenvalue weighted by molar-refractivity contribution is 7.12. The summed E-state index contributed by atoms with van der Waals surface area (Å²) in [6.45, 7) is 4.84. The molecule has 0 aromatic carbocycles. The second-order valence-corrected chi connectivity index (χ2v) is 7.95. The Labute approximate surface area is 133 Å². The number of aromatic nitrogens is 1.